The van der Waals surface area contributed by atoms with Crippen molar-refractivity contribution in [3.63, 3.8) is 0 Å². The minimum Gasteiger partial charge on any atom is -0.454 e. The van der Waals surface area contributed by atoms with Gasteiger partial charge in [-0.15, -0.1) is 0 Å². The Kier molecular flexibility index (Phi) is 5.42. The molecule has 9 heteroatoms. The van der Waals surface area contributed by atoms with Crippen LogP contribution in [0.2, 0.25) is 0 Å². The van der Waals surface area contributed by atoms with Gasteiger partial charge in [-0.05, 0) is 31.5 Å². The molecule has 0 atom stereocenters. The molecule has 156 valence electrons. The number of aromatic nitrogens is 2. The number of piperidine rings is 1. The molecule has 0 bridgehead atoms. The van der Waals surface area contributed by atoms with Crippen LogP contribution in [0, 0.1) is 31.1 Å². The number of benzene rings is 1. The van der Waals surface area contributed by atoms with Crippen LogP contribution in [0.25, 0.3) is 0 Å². The fourth-order valence-corrected chi connectivity index (χ4v) is 3.89. The summed E-state index contributed by atoms with van der Waals surface area (Å²) in [6, 6.07) is 7.35. The van der Waals surface area contributed by atoms with E-state index in [0.29, 0.717) is 35.1 Å². The lowest BCUT2D eigenvalue weighted by atomic mass is 9.96. The standard InChI is InChI=1S/C21H23N5O4/c1-13-14(2)24-26(21(28)17(13)10-22)11-25-7-5-15(6-8-25)20(27)23-16-3-4-18-19(9-16)30-12-29-18/h3-4,9,15H,5-8,11-12H2,1-2H3,(H,23,27)/p+1. The molecule has 1 amide bonds. The van der Waals surface area contributed by atoms with Gasteiger partial charge in [-0.1, -0.05) is 0 Å². The number of hydrogen-bond acceptors (Lipinski definition) is 6. The zero-order valence-electron chi connectivity index (χ0n) is 17.0. The summed E-state index contributed by atoms with van der Waals surface area (Å²) in [5, 5.41) is 16.6. The summed E-state index contributed by atoms with van der Waals surface area (Å²) in [6.45, 7) is 5.63. The number of amides is 1. The van der Waals surface area contributed by atoms with Gasteiger partial charge < -0.3 is 19.7 Å². The van der Waals surface area contributed by atoms with Crippen LogP contribution in [0.15, 0.2) is 23.0 Å². The number of fused-ring (bicyclic) bond motifs is 1. The molecule has 1 aromatic carbocycles. The van der Waals surface area contributed by atoms with Gasteiger partial charge in [-0.25, -0.2) is 0 Å². The Balaban J connectivity index is 1.35. The average molecular weight is 410 g/mol. The van der Waals surface area contributed by atoms with Crippen LogP contribution in [0.5, 0.6) is 11.5 Å². The van der Waals surface area contributed by atoms with Gasteiger partial charge in [0.25, 0.3) is 5.56 Å². The first-order chi connectivity index (χ1) is 14.5. The van der Waals surface area contributed by atoms with Gasteiger partial charge in [0.15, 0.2) is 18.2 Å². The number of hydrogen-bond donors (Lipinski definition) is 2. The van der Waals surface area contributed by atoms with Gasteiger partial charge in [0.2, 0.25) is 12.7 Å². The number of carbonyl (C=O) groups excluding carboxylic acids is 1. The highest BCUT2D eigenvalue weighted by Crippen LogP contribution is 2.34. The molecule has 0 saturated carbocycles. The fraction of sp³-hybridized carbons (Fsp3) is 0.429. The molecule has 0 unspecified atom stereocenters. The maximum atomic E-state index is 12.7. The van der Waals surface area contributed by atoms with Crippen molar-refractivity contribution in [1.29, 1.82) is 5.26 Å². The summed E-state index contributed by atoms with van der Waals surface area (Å²) >= 11 is 0. The number of carbonyl (C=O) groups is 1. The maximum Gasteiger partial charge on any atom is 0.289 e. The number of nitrogens with one attached hydrogen (secondary N) is 2. The van der Waals surface area contributed by atoms with Crippen molar-refractivity contribution >= 4 is 11.6 Å². The SMILES string of the molecule is Cc1nn(C[NH+]2CCC(C(=O)Nc3ccc4c(c3)OCO4)CC2)c(=O)c(C#N)c1C. The molecule has 2 aliphatic heterocycles. The highest BCUT2D eigenvalue weighted by Gasteiger charge is 2.28. The largest absolute Gasteiger partial charge is 0.454 e. The number of rotatable bonds is 4. The van der Waals surface area contributed by atoms with Gasteiger partial charge in [0.05, 0.1) is 18.8 Å². The number of likely N-dealkylation sites (tertiary alicyclic amines) is 1. The van der Waals surface area contributed by atoms with Crippen LogP contribution in [0.3, 0.4) is 0 Å². The molecular formula is C21H24N5O4+. The number of nitriles is 1. The van der Waals surface area contributed by atoms with E-state index in [1.165, 1.54) is 9.58 Å². The van der Waals surface area contributed by atoms with Gasteiger partial charge in [-0.3, -0.25) is 9.59 Å². The van der Waals surface area contributed by atoms with Gasteiger partial charge >= 0.3 is 0 Å². The summed E-state index contributed by atoms with van der Waals surface area (Å²) in [7, 11) is 0. The molecule has 1 saturated heterocycles. The van der Waals surface area contributed by atoms with Gasteiger partial charge in [-0.2, -0.15) is 15.0 Å². The second kappa shape index (κ2) is 8.16. The van der Waals surface area contributed by atoms with Crippen LogP contribution in [0.1, 0.15) is 29.7 Å². The summed E-state index contributed by atoms with van der Waals surface area (Å²) in [5.74, 6) is 1.22. The monoisotopic (exact) mass is 410 g/mol. The van der Waals surface area contributed by atoms with E-state index in [0.717, 1.165) is 25.9 Å². The first kappa shape index (κ1) is 19.9. The molecule has 2 N–H and O–H groups in total. The molecular weight excluding hydrogens is 386 g/mol. The molecule has 1 aromatic heterocycles. The van der Waals surface area contributed by atoms with E-state index in [9.17, 15) is 14.9 Å². The van der Waals surface area contributed by atoms with E-state index in [1.807, 2.05) is 6.07 Å². The van der Waals surface area contributed by atoms with Crippen molar-refractivity contribution < 1.29 is 19.2 Å². The van der Waals surface area contributed by atoms with Crippen LogP contribution in [0.4, 0.5) is 5.69 Å². The Morgan fingerprint density at radius 3 is 2.77 bits per heavy atom. The smallest absolute Gasteiger partial charge is 0.289 e. The zero-order valence-corrected chi connectivity index (χ0v) is 17.0. The second-order valence-corrected chi connectivity index (χ2v) is 7.74. The van der Waals surface area contributed by atoms with Crippen molar-refractivity contribution in [3.05, 3.63) is 45.4 Å². The average Bonchev–Trinajstić information content (AvgIpc) is 3.21. The topological polar surface area (TPSA) is 111 Å². The van der Waals surface area contributed by atoms with E-state index < -0.39 is 0 Å². The Labute approximate surface area is 173 Å². The van der Waals surface area contributed by atoms with Crippen molar-refractivity contribution in [2.75, 3.05) is 25.2 Å². The highest BCUT2D eigenvalue weighted by molar-refractivity contribution is 5.92. The molecule has 2 aromatic rings. The second-order valence-electron chi connectivity index (χ2n) is 7.74. The number of ether oxygens (including phenoxy) is 2. The Morgan fingerprint density at radius 2 is 2.03 bits per heavy atom. The Bertz CT molecular complexity index is 1080. The van der Waals surface area contributed by atoms with E-state index in [4.69, 9.17) is 9.47 Å². The molecule has 3 heterocycles. The number of aryl methyl sites for hydroxylation is 1. The number of quaternary nitrogens is 1. The third-order valence-electron chi connectivity index (χ3n) is 5.83. The van der Waals surface area contributed by atoms with Crippen molar-refractivity contribution in [2.45, 2.75) is 33.4 Å². The lowest BCUT2D eigenvalue weighted by Gasteiger charge is -2.28. The van der Waals surface area contributed by atoms with Gasteiger partial charge in [0.1, 0.15) is 11.6 Å². The first-order valence-electron chi connectivity index (χ1n) is 9.98. The predicted octanol–water partition coefficient (Wildman–Crippen LogP) is 0.352. The molecule has 0 spiro atoms. The molecule has 1 fully saturated rings. The fourth-order valence-electron chi connectivity index (χ4n) is 3.89. The van der Waals surface area contributed by atoms with Crippen LogP contribution >= 0.6 is 0 Å². The van der Waals surface area contributed by atoms with E-state index in [1.54, 1.807) is 32.0 Å². The Morgan fingerprint density at radius 1 is 1.30 bits per heavy atom. The normalized spacial score (nSPS) is 19.9. The molecule has 4 rings (SSSR count). The summed E-state index contributed by atoms with van der Waals surface area (Å²) in [6.07, 6.45) is 1.44. The third kappa shape index (κ3) is 3.86. The molecule has 9 nitrogen and oxygen atoms in total. The molecule has 30 heavy (non-hydrogen) atoms. The summed E-state index contributed by atoms with van der Waals surface area (Å²) < 4.78 is 12.0. The van der Waals surface area contributed by atoms with Crippen LogP contribution < -0.4 is 25.2 Å². The van der Waals surface area contributed by atoms with Crippen molar-refractivity contribution in [2.24, 2.45) is 5.92 Å². The first-order valence-corrected chi connectivity index (χ1v) is 9.98. The molecule has 2 aliphatic rings. The maximum absolute atomic E-state index is 12.7. The highest BCUT2D eigenvalue weighted by atomic mass is 16.7. The number of nitrogens with zero attached hydrogens (tertiary/aromatic N) is 3. The van der Waals surface area contributed by atoms with Crippen LogP contribution in [-0.2, 0) is 11.5 Å². The lowest BCUT2D eigenvalue weighted by molar-refractivity contribution is -0.929. The minimum absolute atomic E-state index is 0.0128. The lowest BCUT2D eigenvalue weighted by Crippen LogP contribution is -3.12. The van der Waals surface area contributed by atoms with Crippen molar-refractivity contribution in [1.82, 2.24) is 9.78 Å². The van der Waals surface area contributed by atoms with E-state index in [-0.39, 0.29) is 29.7 Å². The summed E-state index contributed by atoms with van der Waals surface area (Å²) in [5.41, 5.74) is 1.81. The van der Waals surface area contributed by atoms with Gasteiger partial charge in [0, 0.05) is 30.5 Å². The zero-order chi connectivity index (χ0) is 21.3. The minimum atomic E-state index is -0.351. The van der Waals surface area contributed by atoms with Crippen LogP contribution in [-0.4, -0.2) is 35.6 Å². The predicted molar refractivity (Wildman–Crippen MR) is 107 cm³/mol. The Hall–Kier alpha value is -3.38. The molecule has 0 radical (unpaired) electrons. The van der Waals surface area contributed by atoms with Crippen molar-refractivity contribution in [3.8, 4) is 17.6 Å². The molecule has 0 aliphatic carbocycles. The quantitative estimate of drug-likeness (QED) is 0.753. The van der Waals surface area contributed by atoms with E-state index in [2.05, 4.69) is 10.4 Å². The number of anilines is 1. The summed E-state index contributed by atoms with van der Waals surface area (Å²) in [4.78, 5) is 26.3. The van der Waals surface area contributed by atoms with E-state index >= 15 is 0 Å². The third-order valence-corrected chi connectivity index (χ3v) is 5.83.